The van der Waals surface area contributed by atoms with E-state index >= 15 is 0 Å². The zero-order valence-corrected chi connectivity index (χ0v) is 11.2. The fourth-order valence-corrected chi connectivity index (χ4v) is 2.49. The van der Waals surface area contributed by atoms with Crippen LogP contribution in [0.2, 0.25) is 0 Å². The van der Waals surface area contributed by atoms with Crippen molar-refractivity contribution in [1.82, 2.24) is 0 Å². The third kappa shape index (κ3) is 2.94. The second-order valence-electron chi connectivity index (χ2n) is 4.64. The summed E-state index contributed by atoms with van der Waals surface area (Å²) in [5, 5.41) is 0. The molecule has 1 heterocycles. The van der Waals surface area contributed by atoms with Crippen molar-refractivity contribution in [2.75, 3.05) is 12.9 Å². The van der Waals surface area contributed by atoms with Gasteiger partial charge in [0.25, 0.3) is 0 Å². The lowest BCUT2D eigenvalue weighted by molar-refractivity contribution is 0.0806. The number of rotatable bonds is 3. The van der Waals surface area contributed by atoms with Crippen molar-refractivity contribution in [3.63, 3.8) is 0 Å². The van der Waals surface area contributed by atoms with Gasteiger partial charge >= 0.3 is 0 Å². The molecule has 1 aliphatic heterocycles. The van der Waals surface area contributed by atoms with Crippen LogP contribution in [-0.4, -0.2) is 33.4 Å². The van der Waals surface area contributed by atoms with E-state index < -0.39 is 9.84 Å². The summed E-state index contributed by atoms with van der Waals surface area (Å²) in [5.41, 5.74) is 5.71. The number of fused-ring (bicyclic) bond motifs is 1. The SMILES string of the molecule is CC(N)CC1COc2ccc(S(C)(=O)=O)cc2O1. The van der Waals surface area contributed by atoms with Crippen LogP contribution in [0.4, 0.5) is 0 Å². The van der Waals surface area contributed by atoms with Crippen LogP contribution in [0.5, 0.6) is 11.5 Å². The summed E-state index contributed by atoms with van der Waals surface area (Å²) in [6.07, 6.45) is 1.70. The van der Waals surface area contributed by atoms with Crippen LogP contribution >= 0.6 is 0 Å². The Morgan fingerprint density at radius 2 is 2.17 bits per heavy atom. The molecule has 2 unspecified atom stereocenters. The zero-order chi connectivity index (χ0) is 13.3. The molecule has 2 rings (SSSR count). The summed E-state index contributed by atoms with van der Waals surface area (Å²) in [6.45, 7) is 2.33. The highest BCUT2D eigenvalue weighted by Crippen LogP contribution is 2.34. The van der Waals surface area contributed by atoms with E-state index in [2.05, 4.69) is 0 Å². The quantitative estimate of drug-likeness (QED) is 0.886. The van der Waals surface area contributed by atoms with E-state index in [4.69, 9.17) is 15.2 Å². The molecule has 0 saturated carbocycles. The van der Waals surface area contributed by atoms with Gasteiger partial charge in [-0.1, -0.05) is 0 Å². The number of hydrogen-bond donors (Lipinski definition) is 1. The van der Waals surface area contributed by atoms with Crippen molar-refractivity contribution in [3.05, 3.63) is 18.2 Å². The predicted molar refractivity (Wildman–Crippen MR) is 67.7 cm³/mol. The van der Waals surface area contributed by atoms with Gasteiger partial charge in [0.15, 0.2) is 21.3 Å². The third-order valence-corrected chi connectivity index (χ3v) is 3.81. The molecule has 0 amide bonds. The molecule has 2 N–H and O–H groups in total. The molecule has 0 aromatic heterocycles. The topological polar surface area (TPSA) is 78.6 Å². The van der Waals surface area contributed by atoms with Gasteiger partial charge in [-0.05, 0) is 19.1 Å². The second kappa shape index (κ2) is 4.78. The van der Waals surface area contributed by atoms with Crippen LogP contribution in [0.3, 0.4) is 0 Å². The van der Waals surface area contributed by atoms with Crippen LogP contribution in [0.15, 0.2) is 23.1 Å². The van der Waals surface area contributed by atoms with E-state index in [0.29, 0.717) is 24.5 Å². The van der Waals surface area contributed by atoms with Crippen molar-refractivity contribution >= 4 is 9.84 Å². The molecule has 100 valence electrons. The maximum Gasteiger partial charge on any atom is 0.175 e. The van der Waals surface area contributed by atoms with Crippen LogP contribution in [0.1, 0.15) is 13.3 Å². The summed E-state index contributed by atoms with van der Waals surface area (Å²) in [7, 11) is -3.24. The van der Waals surface area contributed by atoms with Gasteiger partial charge in [-0.3, -0.25) is 0 Å². The highest BCUT2D eigenvalue weighted by molar-refractivity contribution is 7.90. The zero-order valence-electron chi connectivity index (χ0n) is 10.4. The van der Waals surface area contributed by atoms with E-state index in [9.17, 15) is 8.42 Å². The normalized spacial score (nSPS) is 20.5. The van der Waals surface area contributed by atoms with Gasteiger partial charge in [0, 0.05) is 24.8 Å². The molecule has 1 aliphatic rings. The smallest absolute Gasteiger partial charge is 0.175 e. The Hall–Kier alpha value is -1.27. The molecule has 1 aromatic rings. The number of hydrogen-bond acceptors (Lipinski definition) is 5. The molecule has 2 atom stereocenters. The lowest BCUT2D eigenvalue weighted by Crippen LogP contribution is -2.34. The van der Waals surface area contributed by atoms with Gasteiger partial charge in [-0.15, -0.1) is 0 Å². The lowest BCUT2D eigenvalue weighted by Gasteiger charge is -2.27. The van der Waals surface area contributed by atoms with Gasteiger partial charge in [-0.2, -0.15) is 0 Å². The fourth-order valence-electron chi connectivity index (χ4n) is 1.86. The Morgan fingerprint density at radius 3 is 2.78 bits per heavy atom. The average Bonchev–Trinajstić information content (AvgIpc) is 2.26. The van der Waals surface area contributed by atoms with E-state index in [1.807, 2.05) is 6.92 Å². The molecule has 0 spiro atoms. The van der Waals surface area contributed by atoms with Gasteiger partial charge in [0.2, 0.25) is 0 Å². The number of sulfone groups is 1. The van der Waals surface area contributed by atoms with E-state index in [1.54, 1.807) is 6.07 Å². The Bertz CT molecular complexity index is 539. The molecule has 1 aromatic carbocycles. The molecule has 18 heavy (non-hydrogen) atoms. The van der Waals surface area contributed by atoms with Crippen molar-refractivity contribution in [2.24, 2.45) is 5.73 Å². The fraction of sp³-hybridized carbons (Fsp3) is 0.500. The summed E-state index contributed by atoms with van der Waals surface area (Å²) in [4.78, 5) is 0.228. The van der Waals surface area contributed by atoms with Crippen LogP contribution in [-0.2, 0) is 9.84 Å². The molecular formula is C12H17NO4S. The van der Waals surface area contributed by atoms with E-state index in [-0.39, 0.29) is 17.0 Å². The maximum atomic E-state index is 11.5. The molecule has 0 radical (unpaired) electrons. The highest BCUT2D eigenvalue weighted by Gasteiger charge is 2.23. The van der Waals surface area contributed by atoms with Crippen molar-refractivity contribution < 1.29 is 17.9 Å². The summed E-state index contributed by atoms with van der Waals surface area (Å²) in [5.74, 6) is 1.04. The van der Waals surface area contributed by atoms with Crippen molar-refractivity contribution in [2.45, 2.75) is 30.4 Å². The van der Waals surface area contributed by atoms with Crippen molar-refractivity contribution in [3.8, 4) is 11.5 Å². The van der Waals surface area contributed by atoms with Gasteiger partial charge in [0.05, 0.1) is 4.90 Å². The summed E-state index contributed by atoms with van der Waals surface area (Å²) in [6, 6.07) is 4.65. The first-order valence-electron chi connectivity index (χ1n) is 5.75. The Kier molecular flexibility index (Phi) is 3.49. The molecule has 0 aliphatic carbocycles. The first kappa shape index (κ1) is 13.2. The van der Waals surface area contributed by atoms with Crippen LogP contribution < -0.4 is 15.2 Å². The first-order valence-corrected chi connectivity index (χ1v) is 7.64. The first-order chi connectivity index (χ1) is 8.36. The van der Waals surface area contributed by atoms with Crippen LogP contribution in [0.25, 0.3) is 0 Å². The van der Waals surface area contributed by atoms with E-state index in [0.717, 1.165) is 6.26 Å². The third-order valence-electron chi connectivity index (χ3n) is 2.70. The predicted octanol–water partition coefficient (Wildman–Crippen LogP) is 0.967. The number of nitrogens with two attached hydrogens (primary N) is 1. The number of benzene rings is 1. The molecule has 6 heteroatoms. The monoisotopic (exact) mass is 271 g/mol. The summed E-state index contributed by atoms with van der Waals surface area (Å²) >= 11 is 0. The second-order valence-corrected chi connectivity index (χ2v) is 6.66. The molecular weight excluding hydrogens is 254 g/mol. The standard InChI is InChI=1S/C12H17NO4S/c1-8(13)5-9-7-16-11-4-3-10(18(2,14)15)6-12(11)17-9/h3-4,6,8-9H,5,7,13H2,1-2H3. The molecule has 0 saturated heterocycles. The Labute approximate surface area is 107 Å². The van der Waals surface area contributed by atoms with Crippen LogP contribution in [0, 0.1) is 0 Å². The minimum Gasteiger partial charge on any atom is -0.486 e. The lowest BCUT2D eigenvalue weighted by atomic mass is 10.1. The van der Waals surface area contributed by atoms with Crippen molar-refractivity contribution in [1.29, 1.82) is 0 Å². The van der Waals surface area contributed by atoms with Gasteiger partial charge < -0.3 is 15.2 Å². The maximum absolute atomic E-state index is 11.5. The van der Waals surface area contributed by atoms with E-state index in [1.165, 1.54) is 12.1 Å². The largest absolute Gasteiger partial charge is 0.486 e. The molecule has 5 nitrogen and oxygen atoms in total. The average molecular weight is 271 g/mol. The number of ether oxygens (including phenoxy) is 2. The minimum atomic E-state index is -3.24. The summed E-state index contributed by atoms with van der Waals surface area (Å²) < 4.78 is 34.2. The molecule has 0 bridgehead atoms. The molecule has 0 fully saturated rings. The Balaban J connectivity index is 2.25. The van der Waals surface area contributed by atoms with Gasteiger partial charge in [-0.25, -0.2) is 8.42 Å². The highest BCUT2D eigenvalue weighted by atomic mass is 32.2. The minimum absolute atomic E-state index is 0.0123. The Morgan fingerprint density at radius 1 is 1.44 bits per heavy atom. The van der Waals surface area contributed by atoms with Gasteiger partial charge in [0.1, 0.15) is 12.7 Å².